The topological polar surface area (TPSA) is 62.1 Å². The van der Waals surface area contributed by atoms with Gasteiger partial charge in [-0.2, -0.15) is 0 Å². The Labute approximate surface area is 124 Å². The van der Waals surface area contributed by atoms with Crippen LogP contribution in [0.5, 0.6) is 0 Å². The Morgan fingerprint density at radius 2 is 2.19 bits per heavy atom. The SMILES string of the molecule is Cc1cc(N(CCO)C2CCC2)nc(-c2cccnc2)n1. The van der Waals surface area contributed by atoms with Gasteiger partial charge in [-0.3, -0.25) is 4.98 Å². The van der Waals surface area contributed by atoms with E-state index < -0.39 is 0 Å². The molecule has 0 spiro atoms. The number of aromatic nitrogens is 3. The third-order valence-electron chi connectivity index (χ3n) is 3.91. The molecule has 0 unspecified atom stereocenters. The van der Waals surface area contributed by atoms with Gasteiger partial charge >= 0.3 is 0 Å². The highest BCUT2D eigenvalue weighted by Gasteiger charge is 2.26. The van der Waals surface area contributed by atoms with Crippen molar-refractivity contribution in [1.82, 2.24) is 15.0 Å². The highest BCUT2D eigenvalue weighted by atomic mass is 16.3. The van der Waals surface area contributed by atoms with Crippen LogP contribution in [0.15, 0.2) is 30.6 Å². The lowest BCUT2D eigenvalue weighted by molar-refractivity contribution is 0.283. The van der Waals surface area contributed by atoms with E-state index in [1.54, 1.807) is 12.4 Å². The second kappa shape index (κ2) is 6.18. The van der Waals surface area contributed by atoms with Crippen LogP contribution in [0.3, 0.4) is 0 Å². The number of pyridine rings is 1. The Kier molecular flexibility index (Phi) is 4.10. The maximum absolute atomic E-state index is 9.33. The minimum absolute atomic E-state index is 0.141. The lowest BCUT2D eigenvalue weighted by atomic mass is 9.91. The Hall–Kier alpha value is -2.01. The zero-order valence-electron chi connectivity index (χ0n) is 12.2. The van der Waals surface area contributed by atoms with Gasteiger partial charge in [0.2, 0.25) is 0 Å². The minimum Gasteiger partial charge on any atom is -0.395 e. The molecule has 1 saturated carbocycles. The van der Waals surface area contributed by atoms with Crippen LogP contribution in [0.2, 0.25) is 0 Å². The summed E-state index contributed by atoms with van der Waals surface area (Å²) in [6.45, 7) is 2.73. The fourth-order valence-electron chi connectivity index (χ4n) is 2.61. The lowest BCUT2D eigenvalue weighted by Gasteiger charge is -2.38. The van der Waals surface area contributed by atoms with Crippen molar-refractivity contribution < 1.29 is 5.11 Å². The van der Waals surface area contributed by atoms with E-state index in [0.717, 1.165) is 17.1 Å². The monoisotopic (exact) mass is 284 g/mol. The van der Waals surface area contributed by atoms with E-state index in [4.69, 9.17) is 0 Å². The zero-order valence-corrected chi connectivity index (χ0v) is 12.2. The molecule has 0 aromatic carbocycles. The van der Waals surface area contributed by atoms with Crippen LogP contribution >= 0.6 is 0 Å². The Morgan fingerprint density at radius 3 is 2.81 bits per heavy atom. The number of rotatable bonds is 5. The molecule has 0 bridgehead atoms. The van der Waals surface area contributed by atoms with Gasteiger partial charge < -0.3 is 10.0 Å². The molecule has 1 aliphatic carbocycles. The molecule has 0 atom stereocenters. The van der Waals surface area contributed by atoms with E-state index in [1.807, 2.05) is 25.1 Å². The van der Waals surface area contributed by atoms with E-state index >= 15 is 0 Å². The summed E-state index contributed by atoms with van der Waals surface area (Å²) in [6.07, 6.45) is 7.12. The van der Waals surface area contributed by atoms with Gasteiger partial charge in [0.05, 0.1) is 6.61 Å². The van der Waals surface area contributed by atoms with E-state index in [2.05, 4.69) is 19.9 Å². The van der Waals surface area contributed by atoms with Crippen molar-refractivity contribution in [3.05, 3.63) is 36.3 Å². The molecule has 0 saturated heterocycles. The molecule has 110 valence electrons. The molecule has 0 radical (unpaired) electrons. The maximum atomic E-state index is 9.33. The maximum Gasteiger partial charge on any atom is 0.163 e. The van der Waals surface area contributed by atoms with Gasteiger partial charge in [0.25, 0.3) is 0 Å². The van der Waals surface area contributed by atoms with Gasteiger partial charge in [0.1, 0.15) is 5.82 Å². The van der Waals surface area contributed by atoms with E-state index in [0.29, 0.717) is 18.4 Å². The summed E-state index contributed by atoms with van der Waals surface area (Å²) in [7, 11) is 0. The van der Waals surface area contributed by atoms with Crippen molar-refractivity contribution in [2.24, 2.45) is 0 Å². The molecular weight excluding hydrogens is 264 g/mol. The number of aryl methyl sites for hydroxylation is 1. The first kappa shape index (κ1) is 13.9. The summed E-state index contributed by atoms with van der Waals surface area (Å²) < 4.78 is 0. The van der Waals surface area contributed by atoms with Gasteiger partial charge in [-0.1, -0.05) is 0 Å². The molecule has 1 fully saturated rings. The quantitative estimate of drug-likeness (QED) is 0.912. The first-order chi connectivity index (χ1) is 10.3. The van der Waals surface area contributed by atoms with Crippen molar-refractivity contribution in [2.45, 2.75) is 32.2 Å². The van der Waals surface area contributed by atoms with Crippen LogP contribution < -0.4 is 4.90 Å². The Morgan fingerprint density at radius 1 is 1.33 bits per heavy atom. The van der Waals surface area contributed by atoms with E-state index in [-0.39, 0.29) is 6.61 Å². The fraction of sp³-hybridized carbons (Fsp3) is 0.438. The second-order valence-electron chi connectivity index (χ2n) is 5.43. The Balaban J connectivity index is 1.96. The van der Waals surface area contributed by atoms with Crippen LogP contribution in [-0.4, -0.2) is 39.3 Å². The standard InChI is InChI=1S/C16H20N4O/c1-12-10-15(20(8-9-21)14-5-2-6-14)19-16(18-12)13-4-3-7-17-11-13/h3-4,7,10-11,14,21H,2,5-6,8-9H2,1H3. The van der Waals surface area contributed by atoms with Crippen LogP contribution in [0.4, 0.5) is 5.82 Å². The lowest BCUT2D eigenvalue weighted by Crippen LogP contribution is -2.42. The van der Waals surface area contributed by atoms with Crippen molar-refractivity contribution in [2.75, 3.05) is 18.1 Å². The van der Waals surface area contributed by atoms with Gasteiger partial charge in [-0.05, 0) is 38.3 Å². The van der Waals surface area contributed by atoms with Crippen LogP contribution in [0.1, 0.15) is 25.0 Å². The molecule has 3 rings (SSSR count). The Bertz CT molecular complexity index is 598. The number of hydrogen-bond acceptors (Lipinski definition) is 5. The first-order valence-electron chi connectivity index (χ1n) is 7.41. The number of nitrogens with zero attached hydrogens (tertiary/aromatic N) is 4. The predicted octanol–water partition coefficient (Wildman–Crippen LogP) is 2.20. The highest BCUT2D eigenvalue weighted by Crippen LogP contribution is 2.29. The average Bonchev–Trinajstić information content (AvgIpc) is 2.45. The first-order valence-corrected chi connectivity index (χ1v) is 7.41. The predicted molar refractivity (Wildman–Crippen MR) is 82.1 cm³/mol. The van der Waals surface area contributed by atoms with Gasteiger partial charge in [0.15, 0.2) is 5.82 Å². The molecule has 1 N–H and O–H groups in total. The zero-order chi connectivity index (χ0) is 14.7. The van der Waals surface area contributed by atoms with Gasteiger partial charge in [-0.15, -0.1) is 0 Å². The van der Waals surface area contributed by atoms with Crippen LogP contribution in [0, 0.1) is 6.92 Å². The summed E-state index contributed by atoms with van der Waals surface area (Å²) in [6, 6.07) is 6.34. The summed E-state index contributed by atoms with van der Waals surface area (Å²) >= 11 is 0. The summed E-state index contributed by atoms with van der Waals surface area (Å²) in [5.74, 6) is 1.60. The second-order valence-corrected chi connectivity index (χ2v) is 5.43. The summed E-state index contributed by atoms with van der Waals surface area (Å²) in [4.78, 5) is 15.5. The molecule has 2 aromatic heterocycles. The third kappa shape index (κ3) is 3.03. The van der Waals surface area contributed by atoms with Crippen molar-refractivity contribution in [3.8, 4) is 11.4 Å². The molecule has 21 heavy (non-hydrogen) atoms. The van der Waals surface area contributed by atoms with E-state index in [1.165, 1.54) is 19.3 Å². The number of aliphatic hydroxyl groups is 1. The smallest absolute Gasteiger partial charge is 0.163 e. The summed E-state index contributed by atoms with van der Waals surface area (Å²) in [5.41, 5.74) is 1.85. The molecule has 2 heterocycles. The fourth-order valence-corrected chi connectivity index (χ4v) is 2.61. The molecular formula is C16H20N4O. The van der Waals surface area contributed by atoms with Gasteiger partial charge in [0, 0.05) is 42.3 Å². The number of anilines is 1. The number of hydrogen-bond donors (Lipinski definition) is 1. The molecule has 5 heteroatoms. The molecule has 0 amide bonds. The number of aliphatic hydroxyl groups excluding tert-OH is 1. The minimum atomic E-state index is 0.141. The normalized spacial score (nSPS) is 14.8. The molecule has 5 nitrogen and oxygen atoms in total. The largest absolute Gasteiger partial charge is 0.395 e. The van der Waals surface area contributed by atoms with E-state index in [9.17, 15) is 5.11 Å². The molecule has 1 aliphatic rings. The summed E-state index contributed by atoms with van der Waals surface area (Å²) in [5, 5.41) is 9.33. The third-order valence-corrected chi connectivity index (χ3v) is 3.91. The van der Waals surface area contributed by atoms with Crippen LogP contribution in [-0.2, 0) is 0 Å². The van der Waals surface area contributed by atoms with Gasteiger partial charge in [-0.25, -0.2) is 9.97 Å². The van der Waals surface area contributed by atoms with Crippen LogP contribution in [0.25, 0.3) is 11.4 Å². The average molecular weight is 284 g/mol. The molecule has 2 aromatic rings. The van der Waals surface area contributed by atoms with Crippen molar-refractivity contribution >= 4 is 5.82 Å². The highest BCUT2D eigenvalue weighted by molar-refractivity contribution is 5.57. The van der Waals surface area contributed by atoms with Crippen molar-refractivity contribution in [1.29, 1.82) is 0 Å². The van der Waals surface area contributed by atoms with Crippen molar-refractivity contribution in [3.63, 3.8) is 0 Å². The molecule has 0 aliphatic heterocycles.